The predicted molar refractivity (Wildman–Crippen MR) is 550 cm³/mol. The van der Waals surface area contributed by atoms with E-state index in [4.69, 9.17) is 35.3 Å². The van der Waals surface area contributed by atoms with Gasteiger partial charge in [0.05, 0.1) is 60.4 Å². The normalized spacial score (nSPS) is 22.9. The molecule has 712 valence electrons. The zero-order valence-corrected chi connectivity index (χ0v) is 82.9. The maximum Gasteiger partial charge on any atom is 0.270 e. The molecule has 2 amide bonds. The number of likely N-dealkylation sites (N-methyl/N-ethyl adjacent to an activating group) is 3. The van der Waals surface area contributed by atoms with Gasteiger partial charge in [-0.25, -0.2) is 0 Å². The molecule has 22 rings (SSSR count). The second-order valence-corrected chi connectivity index (χ2v) is 40.5. The Kier molecular flexibility index (Phi) is 24.4. The van der Waals surface area contributed by atoms with Crippen LogP contribution in [0.3, 0.4) is 0 Å². The number of carbonyl (C=O) groups is 2. The van der Waals surface area contributed by atoms with E-state index in [-0.39, 0.29) is 91.3 Å². The van der Waals surface area contributed by atoms with Crippen LogP contribution in [0, 0.1) is 40.5 Å². The summed E-state index contributed by atoms with van der Waals surface area (Å²) in [4.78, 5) is 81.4. The zero-order valence-electron chi connectivity index (χ0n) is 80.0. The maximum atomic E-state index is 12.1. The lowest BCUT2D eigenvalue weighted by Gasteiger charge is -2.47. The van der Waals surface area contributed by atoms with Gasteiger partial charge < -0.3 is 58.2 Å². The van der Waals surface area contributed by atoms with Gasteiger partial charge in [0.2, 0.25) is 22.9 Å². The standard InChI is InChI=1S/C24H21N3O5.C20H19ClN2O3.C20H19IN2O3.C20H20N2O4.C13H17NO.C12H15N/c1-23(2)18-5-3-4-6-19(18)26(14-13-25-21(28)9-10-22(25)29)24(23)12-11-16-15-17(27(30)31)7-8-20(16)32-24;2*1-19(2)16-6-4-5-7-17(16)22(3)20(19)9-8-13-10-15(23(24)25)11-14(12-21)18(13)26-20;1-19(2)16-5-3-4-6-17(16)21(11-12-23)20(19)10-9-14-13-15(22(24)25)7-8-18(14)26-20;1-12(2)10-6-4-5-7-11(10)14-8-9-15-13(12,14)3;1-9-12(2,3)10-7-5-6-8-11(10)13(9)4/h3-12,15H,13-14H2,1-2H3;2*4-11H,12H2,1-3H3;3-10,13,23H,11-12H2,1-2H3;4-7H,8-9H2,1-3H3;5-8H,1H2,2-4H3. The van der Waals surface area contributed by atoms with Crippen LogP contribution >= 0.6 is 34.2 Å². The van der Waals surface area contributed by atoms with Crippen LogP contribution in [0.5, 0.6) is 23.0 Å². The van der Waals surface area contributed by atoms with E-state index < -0.39 is 43.1 Å². The van der Waals surface area contributed by atoms with E-state index in [1.54, 1.807) is 24.3 Å². The summed E-state index contributed by atoms with van der Waals surface area (Å²) in [6.45, 7) is 35.2. The number of halogens is 2. The zero-order chi connectivity index (χ0) is 98.9. The topological polar surface area (TPSA) is 296 Å². The van der Waals surface area contributed by atoms with E-state index in [9.17, 15) is 55.2 Å². The van der Waals surface area contributed by atoms with Gasteiger partial charge >= 0.3 is 0 Å². The first-order chi connectivity index (χ1) is 65.4. The number of amides is 2. The Balaban J connectivity index is 0.000000117. The monoisotopic (exact) mass is 1990 g/mol. The first kappa shape index (κ1) is 96.0. The molecule has 0 radical (unpaired) electrons. The highest BCUT2D eigenvalue weighted by Gasteiger charge is 2.64. The first-order valence-corrected chi connectivity index (χ1v) is 47.9. The Bertz CT molecular complexity index is 6690. The molecule has 1 N–H and O–H groups in total. The van der Waals surface area contributed by atoms with E-state index in [0.717, 1.165) is 63.9 Å². The third kappa shape index (κ3) is 14.9. The summed E-state index contributed by atoms with van der Waals surface area (Å²) in [6.07, 6.45) is 18.1. The third-order valence-corrected chi connectivity index (χ3v) is 31.7. The molecule has 1 fully saturated rings. The van der Waals surface area contributed by atoms with Crippen molar-refractivity contribution in [2.75, 3.05) is 89.9 Å². The number of non-ortho nitro benzene ring substituents is 4. The lowest BCUT2D eigenvalue weighted by molar-refractivity contribution is -0.385. The fourth-order valence-electron chi connectivity index (χ4n) is 22.2. The number of hydrogen-bond donors (Lipinski definition) is 1. The molecule has 0 aromatic heterocycles. The molecule has 0 saturated carbocycles. The molecule has 12 aliphatic heterocycles. The van der Waals surface area contributed by atoms with Gasteiger partial charge in [0.15, 0.2) is 0 Å². The molecule has 5 unspecified atom stereocenters. The number of fused-ring (bicyclic) bond motifs is 12. The number of alkyl halides is 2. The molecular weight excluding hydrogens is 1880 g/mol. The molecule has 0 aliphatic carbocycles. The molecule has 0 bridgehead atoms. The number of hydrogen-bond acceptors (Lipinski definition) is 22. The molecule has 10 aromatic rings. The van der Waals surface area contributed by atoms with Crippen LogP contribution in [0.4, 0.5) is 56.9 Å². The van der Waals surface area contributed by atoms with E-state index in [1.165, 1.54) is 92.8 Å². The van der Waals surface area contributed by atoms with Gasteiger partial charge in [-0.2, -0.15) is 0 Å². The van der Waals surface area contributed by atoms with Crippen molar-refractivity contribution in [2.24, 2.45) is 0 Å². The van der Waals surface area contributed by atoms with Gasteiger partial charge in [-0.3, -0.25) is 54.9 Å². The summed E-state index contributed by atoms with van der Waals surface area (Å²) in [6, 6.07) is 65.2. The molecule has 5 atom stereocenters. The lowest BCUT2D eigenvalue weighted by Crippen LogP contribution is -2.60. The van der Waals surface area contributed by atoms with Crippen LogP contribution in [-0.4, -0.2) is 131 Å². The Morgan fingerprint density at radius 1 is 0.406 bits per heavy atom. The number of anilines is 6. The van der Waals surface area contributed by atoms with Crippen LogP contribution in [0.15, 0.2) is 255 Å². The van der Waals surface area contributed by atoms with Crippen molar-refractivity contribution < 1.29 is 58.1 Å². The first-order valence-electron chi connectivity index (χ1n) is 45.8. The average molecular weight is 1990 g/mol. The number of allylic oxidation sites excluding steroid dienone is 1. The van der Waals surface area contributed by atoms with Crippen LogP contribution in [-0.2, 0) is 57.1 Å². The summed E-state index contributed by atoms with van der Waals surface area (Å²) in [5.41, 5.74) is 15.3. The lowest BCUT2D eigenvalue weighted by atomic mass is 9.76. The summed E-state index contributed by atoms with van der Waals surface area (Å²) in [7, 11) is 6.13. The number of carbonyl (C=O) groups excluding carboxylic acids is 2. The minimum absolute atomic E-state index is 0.00247. The van der Waals surface area contributed by atoms with Crippen LogP contribution in [0.1, 0.15) is 157 Å². The number of ether oxygens (including phenoxy) is 5. The van der Waals surface area contributed by atoms with Gasteiger partial charge in [-0.05, 0) is 193 Å². The molecule has 29 heteroatoms. The van der Waals surface area contributed by atoms with Crippen molar-refractivity contribution in [3.8, 4) is 23.0 Å². The molecule has 12 aliphatic rings. The van der Waals surface area contributed by atoms with Crippen molar-refractivity contribution >= 4 is 127 Å². The number of para-hydroxylation sites is 6. The third-order valence-electron chi connectivity index (χ3n) is 30.6. The van der Waals surface area contributed by atoms with Crippen molar-refractivity contribution in [1.29, 1.82) is 0 Å². The highest BCUT2D eigenvalue weighted by atomic mass is 127. The van der Waals surface area contributed by atoms with Gasteiger partial charge in [-0.15, -0.1) is 11.6 Å². The quantitative estimate of drug-likeness (QED) is 0.0413. The van der Waals surface area contributed by atoms with Gasteiger partial charge in [0.1, 0.15) is 28.7 Å². The van der Waals surface area contributed by atoms with Crippen LogP contribution in [0.25, 0.3) is 24.3 Å². The molecule has 1 saturated heterocycles. The second-order valence-electron chi connectivity index (χ2n) is 39.5. The van der Waals surface area contributed by atoms with Crippen LogP contribution in [0.2, 0.25) is 0 Å². The van der Waals surface area contributed by atoms with Gasteiger partial charge in [0.25, 0.3) is 34.6 Å². The molecule has 27 nitrogen and oxygen atoms in total. The highest BCUT2D eigenvalue weighted by Crippen LogP contribution is 2.62. The number of imide groups is 1. The number of nitro groups is 4. The Morgan fingerprint density at radius 2 is 0.761 bits per heavy atom. The average Bonchev–Trinajstić information content (AvgIpc) is 1.55. The van der Waals surface area contributed by atoms with Gasteiger partial charge in [-0.1, -0.05) is 166 Å². The second kappa shape index (κ2) is 35.1. The predicted octanol–water partition coefficient (Wildman–Crippen LogP) is 22.3. The fourth-order valence-corrected chi connectivity index (χ4v) is 23.0. The summed E-state index contributed by atoms with van der Waals surface area (Å²) in [5, 5.41) is 54.3. The minimum Gasteiger partial charge on any atom is -0.463 e. The number of nitrogens with zero attached hydrogens (tertiary/aromatic N) is 11. The SMILES string of the molecule is C=C1N(C)c2ccccc2C1(C)C.CC1(C)c2ccccc2N(CCN2C(=O)C=CC2=O)C12C=Cc1cc([N+](=O)[O-])ccc1O2.CC1(C)c2ccccc2N(CCO)C12C=Cc1cc([N+](=O)[O-])ccc1O2.CC1(C)c2ccccc2N2CCOC21C.CN1c2ccccc2C(C)(C)C12C=Cc1cc([N+](=O)[O-])cc(CCl)c1O2.CN1c2ccccc2C(C)(C)C12C=Cc1cc([N+](=O)[O-])cc(CI)c1O2. The fraction of sp³-hybridized carbons (Fsp3) is 0.321. The number of rotatable bonds is 11. The molecular formula is C109H111ClIN11O16. The van der Waals surface area contributed by atoms with Crippen molar-refractivity contribution in [3.63, 3.8) is 0 Å². The summed E-state index contributed by atoms with van der Waals surface area (Å²) in [5.74, 6) is 1.98. The van der Waals surface area contributed by atoms with Crippen molar-refractivity contribution in [3.05, 3.63) is 362 Å². The molecule has 10 aromatic carbocycles. The summed E-state index contributed by atoms with van der Waals surface area (Å²) >= 11 is 8.32. The number of aliphatic hydroxyl groups excluding tert-OH is 1. The molecule has 12 heterocycles. The van der Waals surface area contributed by atoms with E-state index in [2.05, 4.69) is 234 Å². The van der Waals surface area contributed by atoms with E-state index in [1.807, 2.05) is 129 Å². The van der Waals surface area contributed by atoms with E-state index >= 15 is 0 Å². The van der Waals surface area contributed by atoms with Gasteiger partial charge in [0, 0.05) is 196 Å². The Morgan fingerprint density at radius 3 is 1.17 bits per heavy atom. The van der Waals surface area contributed by atoms with E-state index in [0.29, 0.717) is 57.0 Å². The number of nitro benzene ring substituents is 4. The smallest absolute Gasteiger partial charge is 0.270 e. The van der Waals surface area contributed by atoms with Crippen LogP contribution < -0.4 is 48.3 Å². The molecule has 4 spiro atoms. The molecule has 138 heavy (non-hydrogen) atoms. The van der Waals surface area contributed by atoms with Crippen molar-refractivity contribution in [1.82, 2.24) is 4.90 Å². The van der Waals surface area contributed by atoms with Crippen molar-refractivity contribution in [2.45, 2.75) is 161 Å². The highest BCUT2D eigenvalue weighted by molar-refractivity contribution is 14.1. The largest absolute Gasteiger partial charge is 0.463 e. The Hall–Kier alpha value is -13.7. The summed E-state index contributed by atoms with van der Waals surface area (Å²) < 4.78 is 33.0. The maximum absolute atomic E-state index is 12.1. The Labute approximate surface area is 821 Å². The minimum atomic E-state index is -0.931. The number of β-amino-alcohol motifs (C(OH)–C–C–N with tert-alkyl or cyclic N) is 1. The number of aliphatic hydroxyl groups is 1. The number of benzene rings is 10.